The maximum atomic E-state index is 14.1. The quantitative estimate of drug-likeness (QED) is 0.445. The van der Waals surface area contributed by atoms with Crippen molar-refractivity contribution in [2.75, 3.05) is 49.2 Å². The summed E-state index contributed by atoms with van der Waals surface area (Å²) < 4.78 is 67.8. The Hall–Kier alpha value is -3.30. The summed E-state index contributed by atoms with van der Waals surface area (Å²) in [5.41, 5.74) is -0.208. The molecule has 15 heteroatoms. The van der Waals surface area contributed by atoms with Crippen LogP contribution >= 0.6 is 11.3 Å². The second-order valence-corrected chi connectivity index (χ2v) is 13.7. The normalized spacial score (nSPS) is 21.0. The number of aromatic nitrogens is 3. The smallest absolute Gasteiger partial charge is 0.354 e. The van der Waals surface area contributed by atoms with E-state index in [1.807, 2.05) is 12.1 Å². The maximum Gasteiger partial charge on any atom is 0.420 e. The first-order valence-electron chi connectivity index (χ1n) is 13.2. The second-order valence-electron chi connectivity index (χ2n) is 10.6. The van der Waals surface area contributed by atoms with Gasteiger partial charge in [-0.15, -0.1) is 11.3 Å². The molecule has 10 nitrogen and oxygen atoms in total. The molecule has 3 aliphatic rings. The molecule has 1 saturated heterocycles. The molecule has 6 rings (SSSR count). The fourth-order valence-corrected chi connectivity index (χ4v) is 8.06. The zero-order valence-corrected chi connectivity index (χ0v) is 24.0. The number of hydrogen-bond donors (Lipinski definition) is 2. The van der Waals surface area contributed by atoms with E-state index >= 15 is 0 Å². The van der Waals surface area contributed by atoms with Gasteiger partial charge in [-0.25, -0.2) is 23.4 Å². The number of anilines is 3. The highest BCUT2D eigenvalue weighted by Crippen LogP contribution is 2.45. The number of nitrogens with one attached hydrogen (secondary N) is 2. The zero-order valence-electron chi connectivity index (χ0n) is 22.3. The van der Waals surface area contributed by atoms with Crippen molar-refractivity contribution in [3.63, 3.8) is 0 Å². The van der Waals surface area contributed by atoms with Gasteiger partial charge in [0, 0.05) is 51.4 Å². The van der Waals surface area contributed by atoms with E-state index in [0.29, 0.717) is 29.3 Å². The second kappa shape index (κ2) is 10.2. The van der Waals surface area contributed by atoms with Crippen molar-refractivity contribution in [2.45, 2.75) is 42.8 Å². The predicted molar refractivity (Wildman–Crippen MR) is 149 cm³/mol. The van der Waals surface area contributed by atoms with Crippen molar-refractivity contribution in [1.29, 1.82) is 0 Å². The molecule has 0 radical (unpaired) electrons. The van der Waals surface area contributed by atoms with Gasteiger partial charge in [-0.1, -0.05) is 0 Å². The summed E-state index contributed by atoms with van der Waals surface area (Å²) in [7, 11) is -2.41. The molecule has 1 saturated carbocycles. The number of carbonyl (C=O) groups excluding carboxylic acids is 1. The molecule has 5 heterocycles. The summed E-state index contributed by atoms with van der Waals surface area (Å²) >= 11 is 0.686. The van der Waals surface area contributed by atoms with Crippen LogP contribution < -0.4 is 15.5 Å². The van der Waals surface area contributed by atoms with Crippen LogP contribution in [0, 0.1) is 0 Å². The molecular weight excluding hydrogens is 579 g/mol. The van der Waals surface area contributed by atoms with E-state index in [-0.39, 0.29) is 38.8 Å². The number of alkyl halides is 3. The van der Waals surface area contributed by atoms with E-state index in [0.717, 1.165) is 50.1 Å². The van der Waals surface area contributed by atoms with Crippen LogP contribution in [0.5, 0.6) is 0 Å². The van der Waals surface area contributed by atoms with Crippen LogP contribution in [-0.2, 0) is 16.0 Å². The van der Waals surface area contributed by atoms with Gasteiger partial charge in [0.05, 0.1) is 32.6 Å². The van der Waals surface area contributed by atoms with Gasteiger partial charge in [0.15, 0.2) is 9.84 Å². The number of halogens is 3. The molecule has 1 atom stereocenters. The van der Waals surface area contributed by atoms with Crippen molar-refractivity contribution in [2.24, 2.45) is 0 Å². The van der Waals surface area contributed by atoms with Crippen LogP contribution in [-0.4, -0.2) is 79.2 Å². The Labute approximate surface area is 238 Å². The summed E-state index contributed by atoms with van der Waals surface area (Å²) in [6, 6.07) is 5.16. The lowest BCUT2D eigenvalue weighted by molar-refractivity contribution is -0.137. The topological polar surface area (TPSA) is 120 Å². The molecule has 2 N–H and O–H groups in total. The first-order valence-corrected chi connectivity index (χ1v) is 15.7. The van der Waals surface area contributed by atoms with E-state index in [2.05, 4.69) is 32.4 Å². The van der Waals surface area contributed by atoms with E-state index in [1.54, 1.807) is 0 Å². The summed E-state index contributed by atoms with van der Waals surface area (Å²) in [4.78, 5) is 28.9. The van der Waals surface area contributed by atoms with Crippen molar-refractivity contribution < 1.29 is 26.4 Å². The zero-order chi connectivity index (χ0) is 29.1. The average molecular weight is 608 g/mol. The fraction of sp³-hybridized carbons (Fsp3) is 0.462. The third kappa shape index (κ3) is 5.49. The third-order valence-electron chi connectivity index (χ3n) is 7.41. The van der Waals surface area contributed by atoms with Crippen molar-refractivity contribution in [3.8, 4) is 10.6 Å². The van der Waals surface area contributed by atoms with E-state index < -0.39 is 33.2 Å². The Morgan fingerprint density at radius 3 is 2.66 bits per heavy atom. The van der Waals surface area contributed by atoms with E-state index in [9.17, 15) is 26.4 Å². The number of piperazine rings is 1. The Morgan fingerprint density at radius 2 is 1.95 bits per heavy atom. The highest BCUT2D eigenvalue weighted by atomic mass is 32.2. The lowest BCUT2D eigenvalue weighted by atomic mass is 10.2. The summed E-state index contributed by atoms with van der Waals surface area (Å²) in [6.45, 7) is 4.58. The van der Waals surface area contributed by atoms with Gasteiger partial charge in [-0.3, -0.25) is 4.79 Å². The van der Waals surface area contributed by atoms with Crippen LogP contribution in [0.15, 0.2) is 29.3 Å². The van der Waals surface area contributed by atoms with Gasteiger partial charge in [-0.2, -0.15) is 13.2 Å². The monoisotopic (exact) mass is 607 g/mol. The van der Waals surface area contributed by atoms with E-state index in [4.69, 9.17) is 4.98 Å². The highest BCUT2D eigenvalue weighted by Gasteiger charge is 2.38. The Balaban J connectivity index is 1.39. The molecule has 2 fully saturated rings. The number of amides is 1. The molecule has 3 aromatic rings. The number of thiophene rings is 1. The minimum absolute atomic E-state index is 0.00287. The molecule has 1 unspecified atom stereocenters. The first kappa shape index (κ1) is 27.8. The summed E-state index contributed by atoms with van der Waals surface area (Å²) in [6.07, 6.45) is -2.21. The van der Waals surface area contributed by atoms with Crippen molar-refractivity contribution >= 4 is 44.5 Å². The molecule has 3 aromatic heterocycles. The lowest BCUT2D eigenvalue weighted by Gasteiger charge is -2.33. The third-order valence-corrected chi connectivity index (χ3v) is 10.4. The molecule has 218 valence electrons. The van der Waals surface area contributed by atoms with Crippen molar-refractivity contribution in [3.05, 3.63) is 40.5 Å². The molecule has 0 aromatic carbocycles. The number of carbonyl (C=O) groups is 1. The molecular formula is C26H28F3N7O3S2. The molecule has 2 aliphatic heterocycles. The standard InChI is InChI=1S/C26H28F3N7O3S2/c1-14-13-36(8-7-30-14)20-6-5-17(21(33-20)15-3-4-15)32-25-31-12-16(26(27,28)29)22(34-25)18-11-19-23(40-18)24(37)35(2)9-10-41(19,38)39/h5-6,11-12,14-15,30H,3-4,7-10,13H2,1-2H3,(H,31,32,34). The van der Waals surface area contributed by atoms with Crippen molar-refractivity contribution in [1.82, 2.24) is 25.2 Å². The number of hydrogen-bond acceptors (Lipinski definition) is 10. The fourth-order valence-electron chi connectivity index (χ4n) is 5.03. The van der Waals surface area contributed by atoms with Gasteiger partial charge in [0.1, 0.15) is 16.3 Å². The Morgan fingerprint density at radius 1 is 1.17 bits per heavy atom. The number of sulfone groups is 1. The minimum atomic E-state index is -4.81. The van der Waals surface area contributed by atoms with Gasteiger partial charge in [0.25, 0.3) is 5.91 Å². The molecule has 1 amide bonds. The first-order chi connectivity index (χ1) is 19.4. The van der Waals surface area contributed by atoms with Gasteiger partial charge >= 0.3 is 6.18 Å². The predicted octanol–water partition coefficient (Wildman–Crippen LogP) is 3.90. The SMILES string of the molecule is CC1CN(c2ccc(Nc3ncc(C(F)(F)F)c(-c4cc5c(s4)C(=O)N(C)CCS5(=O)=O)n3)c(C3CC3)n2)CCN1. The number of nitrogens with zero attached hydrogens (tertiary/aromatic N) is 5. The Kier molecular flexibility index (Phi) is 6.93. The molecule has 41 heavy (non-hydrogen) atoms. The summed E-state index contributed by atoms with van der Waals surface area (Å²) in [5.74, 6) is 0.108. The van der Waals surface area contributed by atoms with Gasteiger partial charge in [-0.05, 0) is 38.0 Å². The van der Waals surface area contributed by atoms with Gasteiger partial charge in [0.2, 0.25) is 5.95 Å². The van der Waals surface area contributed by atoms with Crippen LogP contribution in [0.3, 0.4) is 0 Å². The highest BCUT2D eigenvalue weighted by molar-refractivity contribution is 7.91. The van der Waals surface area contributed by atoms with E-state index in [1.165, 1.54) is 11.9 Å². The largest absolute Gasteiger partial charge is 0.420 e. The molecule has 0 bridgehead atoms. The lowest BCUT2D eigenvalue weighted by Crippen LogP contribution is -2.49. The minimum Gasteiger partial charge on any atom is -0.354 e. The number of fused-ring (bicyclic) bond motifs is 1. The van der Waals surface area contributed by atoms with Crippen LogP contribution in [0.1, 0.15) is 46.6 Å². The Bertz CT molecular complexity index is 1620. The molecule has 0 spiro atoms. The van der Waals surface area contributed by atoms with Crippen LogP contribution in [0.25, 0.3) is 10.6 Å². The number of pyridine rings is 1. The molecule has 1 aliphatic carbocycles. The average Bonchev–Trinajstić information content (AvgIpc) is 3.68. The van der Waals surface area contributed by atoms with Gasteiger partial charge < -0.3 is 20.4 Å². The maximum absolute atomic E-state index is 14.1. The number of rotatable bonds is 5. The van der Waals surface area contributed by atoms with Crippen LogP contribution in [0.4, 0.5) is 30.6 Å². The summed E-state index contributed by atoms with van der Waals surface area (Å²) in [5, 5.41) is 6.46. The van der Waals surface area contributed by atoms with Crippen LogP contribution in [0.2, 0.25) is 0 Å².